The number of rotatable bonds is 7. The third-order valence-corrected chi connectivity index (χ3v) is 4.05. The number of furan rings is 1. The molecule has 0 fully saturated rings. The van der Waals surface area contributed by atoms with E-state index in [1.54, 1.807) is 0 Å². The molecule has 0 saturated heterocycles. The number of benzene rings is 1. The Morgan fingerprint density at radius 2 is 2.00 bits per heavy atom. The van der Waals surface area contributed by atoms with Crippen LogP contribution in [0.15, 0.2) is 46.9 Å². The number of hydrogen-bond donors (Lipinski definition) is 1. The zero-order valence-corrected chi connectivity index (χ0v) is 12.3. The highest BCUT2D eigenvalue weighted by molar-refractivity contribution is 7.55. The van der Waals surface area contributed by atoms with Gasteiger partial charge in [-0.15, -0.1) is 0 Å². The minimum absolute atomic E-state index is 0.0938. The van der Waals surface area contributed by atoms with Crippen molar-refractivity contribution in [1.29, 1.82) is 0 Å². The minimum Gasteiger partial charge on any atom is -0.403 e. The summed E-state index contributed by atoms with van der Waals surface area (Å²) in [4.78, 5) is 9.84. The molecule has 7 nitrogen and oxygen atoms in total. The van der Waals surface area contributed by atoms with Gasteiger partial charge in [-0.05, 0) is 11.6 Å². The predicted molar refractivity (Wildman–Crippen MR) is 77.0 cm³/mol. The van der Waals surface area contributed by atoms with Crippen molar-refractivity contribution >= 4 is 13.4 Å². The second-order valence-electron chi connectivity index (χ2n) is 4.44. The minimum atomic E-state index is -3.02. The Balaban J connectivity index is 1.85. The van der Waals surface area contributed by atoms with Crippen molar-refractivity contribution in [1.82, 2.24) is 5.09 Å². The lowest BCUT2D eigenvalue weighted by Gasteiger charge is -2.14. The lowest BCUT2D eigenvalue weighted by atomic mass is 10.2. The fourth-order valence-corrected chi connectivity index (χ4v) is 2.54. The van der Waals surface area contributed by atoms with Crippen molar-refractivity contribution in [3.05, 3.63) is 63.9 Å². The highest BCUT2D eigenvalue weighted by atomic mass is 31.2. The maximum absolute atomic E-state index is 12.2. The van der Waals surface area contributed by atoms with E-state index in [9.17, 15) is 14.7 Å². The highest BCUT2D eigenvalue weighted by Crippen LogP contribution is 2.39. The van der Waals surface area contributed by atoms with Crippen LogP contribution in [0.2, 0.25) is 0 Å². The van der Waals surface area contributed by atoms with Crippen molar-refractivity contribution in [2.24, 2.45) is 0 Å². The van der Waals surface area contributed by atoms with Crippen LogP contribution in [0.25, 0.3) is 0 Å². The van der Waals surface area contributed by atoms with E-state index in [-0.39, 0.29) is 18.3 Å². The quantitative estimate of drug-likeness (QED) is 0.479. The molecule has 8 heteroatoms. The first-order chi connectivity index (χ1) is 9.96. The maximum atomic E-state index is 12.2. The molecule has 2 aromatic rings. The summed E-state index contributed by atoms with van der Waals surface area (Å²) in [5, 5.41) is 13.3. The topological polar surface area (TPSA) is 94.6 Å². The van der Waals surface area contributed by atoms with Crippen LogP contribution in [-0.2, 0) is 22.2 Å². The van der Waals surface area contributed by atoms with E-state index in [0.29, 0.717) is 6.54 Å². The Kier molecular flexibility index (Phi) is 4.90. The molecule has 2 rings (SSSR count). The molecule has 0 radical (unpaired) electrons. The zero-order valence-electron chi connectivity index (χ0n) is 11.4. The summed E-state index contributed by atoms with van der Waals surface area (Å²) in [6, 6.07) is 12.1. The largest absolute Gasteiger partial charge is 0.433 e. The van der Waals surface area contributed by atoms with Crippen molar-refractivity contribution in [2.45, 2.75) is 13.2 Å². The van der Waals surface area contributed by atoms with Gasteiger partial charge < -0.3 is 8.94 Å². The smallest absolute Gasteiger partial charge is 0.403 e. The summed E-state index contributed by atoms with van der Waals surface area (Å²) in [5.41, 5.74) is 0.983. The van der Waals surface area contributed by atoms with Gasteiger partial charge >= 0.3 is 5.88 Å². The summed E-state index contributed by atoms with van der Waals surface area (Å²) in [5.74, 6) is -0.109. The molecule has 1 unspecified atom stereocenters. The van der Waals surface area contributed by atoms with Crippen molar-refractivity contribution < 1.29 is 18.4 Å². The second-order valence-corrected chi connectivity index (χ2v) is 6.70. The van der Waals surface area contributed by atoms with E-state index < -0.39 is 12.4 Å². The van der Waals surface area contributed by atoms with E-state index in [2.05, 4.69) is 5.09 Å². The standard InChI is InChI=1S/C13H15N2O5P/c1-21(18,14-9-11-5-3-2-4-6-11)19-10-12-7-8-13(20-12)15(16)17/h2-8H,9-10H2,1H3,(H,14,18). The van der Waals surface area contributed by atoms with Gasteiger partial charge in [0.2, 0.25) is 0 Å². The molecule has 1 heterocycles. The number of nitrogens with zero attached hydrogens (tertiary/aromatic N) is 1. The van der Waals surface area contributed by atoms with Gasteiger partial charge in [-0.2, -0.15) is 0 Å². The van der Waals surface area contributed by atoms with E-state index in [0.717, 1.165) is 5.56 Å². The Hall–Kier alpha value is -1.95. The fraction of sp³-hybridized carbons (Fsp3) is 0.231. The molecule has 0 saturated carbocycles. The Morgan fingerprint density at radius 1 is 1.29 bits per heavy atom. The van der Waals surface area contributed by atoms with E-state index in [4.69, 9.17) is 8.94 Å². The molecule has 112 valence electrons. The molecule has 0 aliphatic rings. The third kappa shape index (κ3) is 4.82. The lowest BCUT2D eigenvalue weighted by Crippen LogP contribution is -2.11. The Labute approximate surface area is 121 Å². The molecule has 1 N–H and O–H groups in total. The summed E-state index contributed by atoms with van der Waals surface area (Å²) in [6.07, 6.45) is 0. The van der Waals surface area contributed by atoms with Crippen LogP contribution in [0, 0.1) is 10.1 Å². The number of nitro groups is 1. The first-order valence-electron chi connectivity index (χ1n) is 6.20. The second kappa shape index (κ2) is 6.67. The lowest BCUT2D eigenvalue weighted by molar-refractivity contribution is -0.402. The van der Waals surface area contributed by atoms with Crippen LogP contribution < -0.4 is 5.09 Å². The third-order valence-electron chi connectivity index (χ3n) is 2.69. The van der Waals surface area contributed by atoms with Crippen molar-refractivity contribution in [3.8, 4) is 0 Å². The molecule has 0 spiro atoms. The number of nitrogens with one attached hydrogen (secondary N) is 1. The molecular weight excluding hydrogens is 295 g/mol. The molecule has 0 amide bonds. The van der Waals surface area contributed by atoms with Gasteiger partial charge in [-0.3, -0.25) is 14.7 Å². The summed E-state index contributed by atoms with van der Waals surface area (Å²) in [7, 11) is -3.02. The molecule has 1 atom stereocenters. The first-order valence-corrected chi connectivity index (χ1v) is 8.28. The molecule has 0 bridgehead atoms. The van der Waals surface area contributed by atoms with Crippen LogP contribution >= 0.6 is 7.52 Å². The van der Waals surface area contributed by atoms with Gasteiger partial charge in [0.25, 0.3) is 7.52 Å². The first kappa shape index (κ1) is 15.4. The average Bonchev–Trinajstić information content (AvgIpc) is 2.94. The van der Waals surface area contributed by atoms with Gasteiger partial charge in [0.15, 0.2) is 0 Å². The SMILES string of the molecule is CP(=O)(NCc1ccccc1)OCc1ccc([N+](=O)[O-])o1. The number of hydrogen-bond acceptors (Lipinski definition) is 5. The zero-order chi connectivity index (χ0) is 15.3. The average molecular weight is 310 g/mol. The Bertz CT molecular complexity index is 656. The van der Waals surface area contributed by atoms with Crippen molar-refractivity contribution in [3.63, 3.8) is 0 Å². The fourth-order valence-electron chi connectivity index (χ4n) is 1.61. The molecule has 1 aromatic heterocycles. The van der Waals surface area contributed by atoms with Crippen LogP contribution in [0.5, 0.6) is 0 Å². The molecule has 0 aliphatic heterocycles. The van der Waals surface area contributed by atoms with E-state index >= 15 is 0 Å². The van der Waals surface area contributed by atoms with Crippen LogP contribution in [0.4, 0.5) is 5.88 Å². The van der Waals surface area contributed by atoms with Gasteiger partial charge in [0.1, 0.15) is 17.3 Å². The van der Waals surface area contributed by atoms with Crippen LogP contribution in [-0.4, -0.2) is 11.6 Å². The normalized spacial score (nSPS) is 13.8. The van der Waals surface area contributed by atoms with Gasteiger partial charge in [0, 0.05) is 13.2 Å². The molecule has 0 aliphatic carbocycles. The molecule has 1 aromatic carbocycles. The van der Waals surface area contributed by atoms with Gasteiger partial charge in [0.05, 0.1) is 6.07 Å². The Morgan fingerprint density at radius 3 is 2.62 bits per heavy atom. The van der Waals surface area contributed by atoms with Gasteiger partial charge in [-0.25, -0.2) is 5.09 Å². The van der Waals surface area contributed by atoms with E-state index in [1.807, 2.05) is 30.3 Å². The maximum Gasteiger partial charge on any atom is 0.433 e. The monoisotopic (exact) mass is 310 g/mol. The van der Waals surface area contributed by atoms with Crippen LogP contribution in [0.3, 0.4) is 0 Å². The van der Waals surface area contributed by atoms with Gasteiger partial charge in [-0.1, -0.05) is 30.3 Å². The molecular formula is C13H15N2O5P. The predicted octanol–water partition coefficient (Wildman–Crippen LogP) is 3.32. The summed E-state index contributed by atoms with van der Waals surface area (Å²) in [6.45, 7) is 1.77. The summed E-state index contributed by atoms with van der Waals surface area (Å²) < 4.78 is 22.4. The van der Waals surface area contributed by atoms with E-state index in [1.165, 1.54) is 18.8 Å². The molecule has 21 heavy (non-hydrogen) atoms. The van der Waals surface area contributed by atoms with Crippen LogP contribution in [0.1, 0.15) is 11.3 Å². The highest BCUT2D eigenvalue weighted by Gasteiger charge is 2.18. The summed E-state index contributed by atoms with van der Waals surface area (Å²) >= 11 is 0. The van der Waals surface area contributed by atoms with Crippen molar-refractivity contribution in [2.75, 3.05) is 6.66 Å².